The van der Waals surface area contributed by atoms with Crippen molar-refractivity contribution in [2.24, 2.45) is 5.92 Å². The Morgan fingerprint density at radius 1 is 1.23 bits per heavy atom. The van der Waals surface area contributed by atoms with Crippen molar-refractivity contribution in [2.45, 2.75) is 52.0 Å². The van der Waals surface area contributed by atoms with Crippen LogP contribution in [0.2, 0.25) is 0 Å². The summed E-state index contributed by atoms with van der Waals surface area (Å²) in [4.78, 5) is 33.9. The number of benzene rings is 1. The van der Waals surface area contributed by atoms with Gasteiger partial charge in [0.25, 0.3) is 5.56 Å². The molecule has 2 N–H and O–H groups in total. The van der Waals surface area contributed by atoms with Gasteiger partial charge in [0.1, 0.15) is 11.3 Å². The summed E-state index contributed by atoms with van der Waals surface area (Å²) in [6.07, 6.45) is 5.43. The largest absolute Gasteiger partial charge is 0.497 e. The van der Waals surface area contributed by atoms with Crippen molar-refractivity contribution in [1.82, 2.24) is 19.4 Å². The highest BCUT2D eigenvalue weighted by atomic mass is 32.1. The molecule has 1 saturated heterocycles. The molecule has 0 bridgehead atoms. The first-order chi connectivity index (χ1) is 15.0. The van der Waals surface area contributed by atoms with E-state index in [0.717, 1.165) is 55.4 Å². The summed E-state index contributed by atoms with van der Waals surface area (Å²) < 4.78 is 7.32. The lowest BCUT2D eigenvalue weighted by Gasteiger charge is -2.31. The quantitative estimate of drug-likeness (QED) is 0.420. The SMILES string of the molecule is COc1ccc2[nH]c3c(=O)n(CCCCCC(=O)N4CCC[C@H](C)C4)c(=S)[nH]c3c2c1. The first-order valence-corrected chi connectivity index (χ1v) is 11.5. The van der Waals surface area contributed by atoms with Crippen LogP contribution in [0.5, 0.6) is 5.75 Å². The zero-order valence-corrected chi connectivity index (χ0v) is 19.0. The smallest absolute Gasteiger partial charge is 0.278 e. The number of unbranched alkanes of at least 4 members (excludes halogenated alkanes) is 2. The van der Waals surface area contributed by atoms with E-state index in [-0.39, 0.29) is 11.5 Å². The number of H-pyrrole nitrogens is 2. The third-order valence-electron chi connectivity index (χ3n) is 6.22. The third-order valence-corrected chi connectivity index (χ3v) is 6.55. The molecule has 3 aromatic rings. The van der Waals surface area contributed by atoms with Crippen molar-refractivity contribution >= 4 is 40.1 Å². The Hall–Kier alpha value is -2.61. The molecule has 1 atom stereocenters. The van der Waals surface area contributed by atoms with E-state index in [1.807, 2.05) is 23.1 Å². The lowest BCUT2D eigenvalue weighted by Crippen LogP contribution is -2.38. The molecular formula is C23H30N4O3S. The molecule has 0 saturated carbocycles. The monoisotopic (exact) mass is 442 g/mol. The van der Waals surface area contributed by atoms with Crippen LogP contribution in [0.1, 0.15) is 45.4 Å². The van der Waals surface area contributed by atoms with Gasteiger partial charge in [0.2, 0.25) is 5.91 Å². The number of ether oxygens (including phenoxy) is 1. The maximum Gasteiger partial charge on any atom is 0.278 e. The number of likely N-dealkylation sites (tertiary alicyclic amines) is 1. The second-order valence-corrected chi connectivity index (χ2v) is 8.96. The van der Waals surface area contributed by atoms with E-state index in [9.17, 15) is 9.59 Å². The highest BCUT2D eigenvalue weighted by molar-refractivity contribution is 7.71. The van der Waals surface area contributed by atoms with Gasteiger partial charge in [-0.2, -0.15) is 0 Å². The molecule has 31 heavy (non-hydrogen) atoms. The van der Waals surface area contributed by atoms with E-state index >= 15 is 0 Å². The number of carbonyl (C=O) groups excluding carboxylic acids is 1. The minimum Gasteiger partial charge on any atom is -0.497 e. The van der Waals surface area contributed by atoms with Crippen LogP contribution in [0, 0.1) is 10.7 Å². The topological polar surface area (TPSA) is 83.1 Å². The minimum atomic E-state index is -0.118. The van der Waals surface area contributed by atoms with Gasteiger partial charge in [-0.15, -0.1) is 0 Å². The summed E-state index contributed by atoms with van der Waals surface area (Å²) in [5.41, 5.74) is 1.97. The number of nitrogens with one attached hydrogen (secondary N) is 2. The lowest BCUT2D eigenvalue weighted by molar-refractivity contribution is -0.133. The molecule has 1 fully saturated rings. The van der Waals surface area contributed by atoms with Gasteiger partial charge in [0.05, 0.1) is 12.6 Å². The standard InChI is InChI=1S/C23H30N4O3S/c1-15-7-6-11-26(14-15)19(28)8-4-3-5-12-27-22(29)21-20(25-23(27)31)17-13-16(30-2)9-10-18(17)24-21/h9-10,13,15,24H,3-8,11-12,14H2,1-2H3,(H,25,31)/t15-/m0/s1. The molecule has 1 aromatic carbocycles. The Morgan fingerprint density at radius 2 is 2.06 bits per heavy atom. The zero-order valence-electron chi connectivity index (χ0n) is 18.2. The van der Waals surface area contributed by atoms with Crippen LogP contribution in [0.15, 0.2) is 23.0 Å². The maximum atomic E-state index is 13.0. The molecule has 166 valence electrons. The molecule has 2 aromatic heterocycles. The van der Waals surface area contributed by atoms with E-state index in [1.54, 1.807) is 11.7 Å². The van der Waals surface area contributed by atoms with Crippen LogP contribution in [-0.2, 0) is 11.3 Å². The van der Waals surface area contributed by atoms with Crippen LogP contribution in [0.4, 0.5) is 0 Å². The number of methoxy groups -OCH3 is 1. The fourth-order valence-electron chi connectivity index (χ4n) is 4.49. The van der Waals surface area contributed by atoms with Crippen molar-refractivity contribution in [2.75, 3.05) is 20.2 Å². The Bertz CT molecular complexity index is 1210. The highest BCUT2D eigenvalue weighted by Gasteiger charge is 2.20. The molecule has 1 aliphatic heterocycles. The number of amides is 1. The average molecular weight is 443 g/mol. The Balaban J connectivity index is 1.39. The molecule has 0 unspecified atom stereocenters. The highest BCUT2D eigenvalue weighted by Crippen LogP contribution is 2.26. The molecule has 0 spiro atoms. The summed E-state index contributed by atoms with van der Waals surface area (Å²) in [6, 6.07) is 5.65. The normalized spacial score (nSPS) is 16.8. The van der Waals surface area contributed by atoms with Gasteiger partial charge in [0.15, 0.2) is 4.77 Å². The Morgan fingerprint density at radius 3 is 2.84 bits per heavy atom. The number of fused-ring (bicyclic) bond motifs is 3. The van der Waals surface area contributed by atoms with E-state index in [1.165, 1.54) is 6.42 Å². The van der Waals surface area contributed by atoms with Gasteiger partial charge in [0, 0.05) is 37.0 Å². The molecule has 4 rings (SSSR count). The summed E-state index contributed by atoms with van der Waals surface area (Å²) in [7, 11) is 1.62. The van der Waals surface area contributed by atoms with Gasteiger partial charge in [-0.3, -0.25) is 14.2 Å². The van der Waals surface area contributed by atoms with Gasteiger partial charge in [-0.25, -0.2) is 0 Å². The van der Waals surface area contributed by atoms with Gasteiger partial charge in [-0.05, 0) is 62.0 Å². The molecule has 3 heterocycles. The first kappa shape index (κ1) is 21.6. The Labute approximate surface area is 186 Å². The molecule has 0 aliphatic carbocycles. The summed E-state index contributed by atoms with van der Waals surface area (Å²) in [5.74, 6) is 1.59. The van der Waals surface area contributed by atoms with Crippen molar-refractivity contribution in [3.63, 3.8) is 0 Å². The number of carbonyl (C=O) groups is 1. The third kappa shape index (κ3) is 4.54. The van der Waals surface area contributed by atoms with Crippen LogP contribution >= 0.6 is 12.2 Å². The van der Waals surface area contributed by atoms with E-state index < -0.39 is 0 Å². The van der Waals surface area contributed by atoms with Gasteiger partial charge >= 0.3 is 0 Å². The number of rotatable bonds is 7. The van der Waals surface area contributed by atoms with Crippen molar-refractivity contribution in [3.8, 4) is 5.75 Å². The molecule has 0 radical (unpaired) electrons. The maximum absolute atomic E-state index is 13.0. The van der Waals surface area contributed by atoms with Gasteiger partial charge in [-0.1, -0.05) is 13.3 Å². The van der Waals surface area contributed by atoms with Crippen molar-refractivity contribution in [1.29, 1.82) is 0 Å². The lowest BCUT2D eigenvalue weighted by atomic mass is 10.00. The molecule has 7 nitrogen and oxygen atoms in total. The van der Waals surface area contributed by atoms with Crippen LogP contribution in [0.3, 0.4) is 0 Å². The minimum absolute atomic E-state index is 0.118. The number of hydrogen-bond acceptors (Lipinski definition) is 4. The second kappa shape index (κ2) is 9.26. The first-order valence-electron chi connectivity index (χ1n) is 11.1. The summed E-state index contributed by atoms with van der Waals surface area (Å²) in [5, 5.41) is 0.884. The van der Waals surface area contributed by atoms with Crippen LogP contribution in [-0.4, -0.2) is 45.5 Å². The predicted octanol–water partition coefficient (Wildman–Crippen LogP) is 4.37. The second-order valence-electron chi connectivity index (χ2n) is 8.57. The number of hydrogen-bond donors (Lipinski definition) is 2. The van der Waals surface area contributed by atoms with E-state index in [4.69, 9.17) is 17.0 Å². The predicted molar refractivity (Wildman–Crippen MR) is 125 cm³/mol. The average Bonchev–Trinajstić information content (AvgIpc) is 3.13. The number of aromatic nitrogens is 3. The zero-order chi connectivity index (χ0) is 22.0. The van der Waals surface area contributed by atoms with E-state index in [0.29, 0.717) is 34.7 Å². The number of piperidine rings is 1. The van der Waals surface area contributed by atoms with Crippen LogP contribution < -0.4 is 10.3 Å². The molecular weight excluding hydrogens is 412 g/mol. The summed E-state index contributed by atoms with van der Waals surface area (Å²) >= 11 is 5.47. The number of nitrogens with zero attached hydrogens (tertiary/aromatic N) is 2. The number of aromatic amines is 2. The Kier molecular flexibility index (Phi) is 6.46. The fraction of sp³-hybridized carbons (Fsp3) is 0.522. The summed E-state index contributed by atoms with van der Waals surface area (Å²) in [6.45, 7) is 4.53. The molecule has 1 amide bonds. The fourth-order valence-corrected chi connectivity index (χ4v) is 4.77. The molecule has 8 heteroatoms. The molecule has 1 aliphatic rings. The van der Waals surface area contributed by atoms with Gasteiger partial charge < -0.3 is 19.6 Å². The van der Waals surface area contributed by atoms with Crippen LogP contribution in [0.25, 0.3) is 21.9 Å². The van der Waals surface area contributed by atoms with Crippen molar-refractivity contribution < 1.29 is 9.53 Å². The van der Waals surface area contributed by atoms with Crippen molar-refractivity contribution in [3.05, 3.63) is 33.3 Å². The van der Waals surface area contributed by atoms with E-state index in [2.05, 4.69) is 16.9 Å².